The normalized spacial score (nSPS) is 36.8. The van der Waals surface area contributed by atoms with Crippen LogP contribution in [0.1, 0.15) is 19.8 Å². The Morgan fingerprint density at radius 1 is 1.47 bits per heavy atom. The number of esters is 1. The van der Waals surface area contributed by atoms with Gasteiger partial charge in [0, 0.05) is 6.42 Å². The molecule has 0 aromatic carbocycles. The maximum atomic E-state index is 11.3. The van der Waals surface area contributed by atoms with Crippen LogP contribution in [-0.4, -0.2) is 47.1 Å². The Balaban J connectivity index is 2.78. The van der Waals surface area contributed by atoms with Crippen molar-refractivity contribution in [2.75, 3.05) is 0 Å². The largest absolute Gasteiger partial charge is 0.462 e. The number of carbonyl (C=O) groups is 2. The molecule has 0 spiro atoms. The van der Waals surface area contributed by atoms with Crippen LogP contribution in [0.2, 0.25) is 0 Å². The summed E-state index contributed by atoms with van der Waals surface area (Å²) in [5.74, 6) is -0.593. The summed E-state index contributed by atoms with van der Waals surface area (Å²) in [6, 6.07) is 0. The van der Waals surface area contributed by atoms with E-state index in [4.69, 9.17) is 9.47 Å². The van der Waals surface area contributed by atoms with Crippen molar-refractivity contribution in [1.82, 2.24) is 0 Å². The standard InChI is InChI=1S/C11H16O6/c1-7-4-8(16-6-12)2-3-9(13)10(14)5-11(15)17-7/h2-3,6-10,13-14H,4-5H2,1H3/b3-2+. The van der Waals surface area contributed by atoms with E-state index in [0.717, 1.165) is 0 Å². The number of cyclic esters (lactones) is 1. The van der Waals surface area contributed by atoms with E-state index in [1.54, 1.807) is 6.92 Å². The first-order valence-corrected chi connectivity index (χ1v) is 5.36. The van der Waals surface area contributed by atoms with E-state index in [2.05, 4.69) is 0 Å². The van der Waals surface area contributed by atoms with Crippen LogP contribution in [-0.2, 0) is 19.1 Å². The number of hydrogen-bond acceptors (Lipinski definition) is 6. The predicted octanol–water partition coefficient (Wildman–Crippen LogP) is -0.469. The maximum Gasteiger partial charge on any atom is 0.308 e. The summed E-state index contributed by atoms with van der Waals surface area (Å²) >= 11 is 0. The van der Waals surface area contributed by atoms with Crippen molar-refractivity contribution < 1.29 is 29.3 Å². The average Bonchev–Trinajstić information content (AvgIpc) is 2.24. The second-order valence-electron chi connectivity index (χ2n) is 3.95. The van der Waals surface area contributed by atoms with Gasteiger partial charge >= 0.3 is 5.97 Å². The van der Waals surface area contributed by atoms with Gasteiger partial charge in [-0.15, -0.1) is 0 Å². The summed E-state index contributed by atoms with van der Waals surface area (Å²) in [5, 5.41) is 18.9. The van der Waals surface area contributed by atoms with Crippen molar-refractivity contribution in [3.8, 4) is 0 Å². The van der Waals surface area contributed by atoms with Crippen LogP contribution in [0, 0.1) is 0 Å². The number of ether oxygens (including phenoxy) is 2. The second kappa shape index (κ2) is 6.36. The number of aliphatic hydroxyl groups excluding tert-OH is 2. The molecular formula is C11H16O6. The van der Waals surface area contributed by atoms with E-state index in [9.17, 15) is 19.8 Å². The summed E-state index contributed by atoms with van der Waals surface area (Å²) in [7, 11) is 0. The van der Waals surface area contributed by atoms with Gasteiger partial charge in [0.15, 0.2) is 0 Å². The van der Waals surface area contributed by atoms with Crippen molar-refractivity contribution in [2.45, 2.75) is 44.2 Å². The van der Waals surface area contributed by atoms with Crippen molar-refractivity contribution in [3.63, 3.8) is 0 Å². The third kappa shape index (κ3) is 4.54. The fourth-order valence-corrected chi connectivity index (χ4v) is 1.56. The molecule has 1 aliphatic heterocycles. The van der Waals surface area contributed by atoms with Crippen LogP contribution in [0.3, 0.4) is 0 Å². The molecule has 4 atom stereocenters. The topological polar surface area (TPSA) is 93.1 Å². The molecule has 6 heteroatoms. The Morgan fingerprint density at radius 3 is 2.82 bits per heavy atom. The molecule has 0 saturated heterocycles. The molecule has 1 aliphatic rings. The number of carbonyl (C=O) groups excluding carboxylic acids is 2. The summed E-state index contributed by atoms with van der Waals surface area (Å²) in [6.07, 6.45) is -0.606. The molecule has 4 unspecified atom stereocenters. The van der Waals surface area contributed by atoms with E-state index in [0.29, 0.717) is 6.42 Å². The van der Waals surface area contributed by atoms with Gasteiger partial charge in [0.1, 0.15) is 12.2 Å². The van der Waals surface area contributed by atoms with E-state index in [1.165, 1.54) is 12.2 Å². The SMILES string of the molecule is CC1CC(OC=O)/C=C/C(O)C(O)CC(=O)O1. The molecule has 6 nitrogen and oxygen atoms in total. The molecule has 17 heavy (non-hydrogen) atoms. The Hall–Kier alpha value is -1.40. The number of hydrogen-bond donors (Lipinski definition) is 2. The summed E-state index contributed by atoms with van der Waals surface area (Å²) in [4.78, 5) is 21.6. The Bertz CT molecular complexity index is 300. The third-order valence-corrected chi connectivity index (χ3v) is 2.42. The molecule has 1 heterocycles. The molecule has 1 rings (SSSR count). The first-order chi connectivity index (χ1) is 8.02. The van der Waals surface area contributed by atoms with Gasteiger partial charge in [0.05, 0.1) is 18.6 Å². The van der Waals surface area contributed by atoms with E-state index in [1.807, 2.05) is 0 Å². The van der Waals surface area contributed by atoms with Crippen molar-refractivity contribution in [2.24, 2.45) is 0 Å². The smallest absolute Gasteiger partial charge is 0.308 e. The highest BCUT2D eigenvalue weighted by Gasteiger charge is 2.23. The maximum absolute atomic E-state index is 11.3. The monoisotopic (exact) mass is 244 g/mol. The minimum Gasteiger partial charge on any atom is -0.462 e. The summed E-state index contributed by atoms with van der Waals surface area (Å²) < 4.78 is 9.73. The summed E-state index contributed by atoms with van der Waals surface area (Å²) in [5.41, 5.74) is 0. The highest BCUT2D eigenvalue weighted by atomic mass is 16.6. The lowest BCUT2D eigenvalue weighted by Crippen LogP contribution is -2.31. The van der Waals surface area contributed by atoms with Crippen LogP contribution >= 0.6 is 0 Å². The van der Waals surface area contributed by atoms with E-state index < -0.39 is 30.4 Å². The molecule has 0 aliphatic carbocycles. The predicted molar refractivity (Wildman–Crippen MR) is 56.9 cm³/mol. The molecule has 0 bridgehead atoms. The molecule has 0 radical (unpaired) electrons. The zero-order valence-corrected chi connectivity index (χ0v) is 9.48. The lowest BCUT2D eigenvalue weighted by atomic mass is 10.1. The Kier molecular flexibility index (Phi) is 5.11. The van der Waals surface area contributed by atoms with Crippen LogP contribution in [0.4, 0.5) is 0 Å². The Morgan fingerprint density at radius 2 is 2.18 bits per heavy atom. The lowest BCUT2D eigenvalue weighted by Gasteiger charge is -2.22. The zero-order chi connectivity index (χ0) is 12.8. The van der Waals surface area contributed by atoms with Crippen LogP contribution in [0.25, 0.3) is 0 Å². The fraction of sp³-hybridized carbons (Fsp3) is 0.636. The molecule has 0 amide bonds. The van der Waals surface area contributed by atoms with Crippen LogP contribution in [0.15, 0.2) is 12.2 Å². The minimum absolute atomic E-state index is 0.269. The van der Waals surface area contributed by atoms with Gasteiger partial charge in [0.2, 0.25) is 0 Å². The molecule has 0 fully saturated rings. The number of aliphatic hydroxyl groups is 2. The van der Waals surface area contributed by atoms with Gasteiger partial charge in [-0.05, 0) is 13.0 Å². The molecule has 0 aromatic heterocycles. The average molecular weight is 244 g/mol. The molecule has 0 aromatic rings. The molecule has 2 N–H and O–H groups in total. The highest BCUT2D eigenvalue weighted by Crippen LogP contribution is 2.13. The van der Waals surface area contributed by atoms with Gasteiger partial charge < -0.3 is 19.7 Å². The van der Waals surface area contributed by atoms with Gasteiger partial charge in [0.25, 0.3) is 6.47 Å². The van der Waals surface area contributed by atoms with Crippen LogP contribution in [0.5, 0.6) is 0 Å². The molecule has 0 saturated carbocycles. The summed E-state index contributed by atoms with van der Waals surface area (Å²) in [6.45, 7) is 1.95. The quantitative estimate of drug-likeness (QED) is 0.387. The first kappa shape index (κ1) is 13.7. The fourth-order valence-electron chi connectivity index (χ4n) is 1.56. The van der Waals surface area contributed by atoms with Crippen molar-refractivity contribution >= 4 is 12.4 Å². The minimum atomic E-state index is -1.22. The molecular weight excluding hydrogens is 228 g/mol. The van der Waals surface area contributed by atoms with Crippen LogP contribution < -0.4 is 0 Å². The van der Waals surface area contributed by atoms with Crippen molar-refractivity contribution in [1.29, 1.82) is 0 Å². The van der Waals surface area contributed by atoms with E-state index >= 15 is 0 Å². The zero-order valence-electron chi connectivity index (χ0n) is 9.48. The van der Waals surface area contributed by atoms with Gasteiger partial charge in [-0.1, -0.05) is 6.08 Å². The first-order valence-electron chi connectivity index (χ1n) is 5.36. The van der Waals surface area contributed by atoms with Gasteiger partial charge in [-0.2, -0.15) is 0 Å². The third-order valence-electron chi connectivity index (χ3n) is 2.42. The van der Waals surface area contributed by atoms with Gasteiger partial charge in [-0.25, -0.2) is 0 Å². The van der Waals surface area contributed by atoms with E-state index in [-0.39, 0.29) is 12.9 Å². The van der Waals surface area contributed by atoms with Crippen molar-refractivity contribution in [3.05, 3.63) is 12.2 Å². The Labute approximate surface area is 98.8 Å². The second-order valence-corrected chi connectivity index (χ2v) is 3.95. The highest BCUT2D eigenvalue weighted by molar-refractivity contribution is 5.70. The van der Waals surface area contributed by atoms with Gasteiger partial charge in [-0.3, -0.25) is 9.59 Å². The molecule has 96 valence electrons. The lowest BCUT2D eigenvalue weighted by molar-refractivity contribution is -0.153. The number of rotatable bonds is 2.